The largest absolute Gasteiger partial charge is 0.508 e. The number of amides is 1. The van der Waals surface area contributed by atoms with Gasteiger partial charge in [-0.3, -0.25) is 4.79 Å². The molecule has 4 rings (SSSR count). The summed E-state index contributed by atoms with van der Waals surface area (Å²) in [5, 5.41) is 13.7. The number of anilines is 2. The van der Waals surface area contributed by atoms with Crippen LogP contribution in [0.1, 0.15) is 24.0 Å². The van der Waals surface area contributed by atoms with E-state index in [2.05, 4.69) is 5.32 Å². The van der Waals surface area contributed by atoms with E-state index in [0.717, 1.165) is 11.6 Å². The minimum atomic E-state index is -0.619. The SMILES string of the molecule is O=C1CCC(Cc2ccc(F)cc2F)CN1c1c(Cl)cc(NCc2ccccc2O)cc1Cl. The summed E-state index contributed by atoms with van der Waals surface area (Å²) in [6.07, 6.45) is 1.26. The number of para-hydroxylation sites is 1. The van der Waals surface area contributed by atoms with Crippen molar-refractivity contribution in [2.45, 2.75) is 25.8 Å². The molecule has 1 aliphatic rings. The first kappa shape index (κ1) is 23.3. The molecule has 2 N–H and O–H groups in total. The van der Waals surface area contributed by atoms with Gasteiger partial charge in [0, 0.05) is 36.8 Å². The van der Waals surface area contributed by atoms with Crippen molar-refractivity contribution >= 4 is 40.5 Å². The van der Waals surface area contributed by atoms with Crippen LogP contribution in [0, 0.1) is 17.6 Å². The van der Waals surface area contributed by atoms with Gasteiger partial charge in [-0.25, -0.2) is 8.78 Å². The van der Waals surface area contributed by atoms with E-state index in [4.69, 9.17) is 23.2 Å². The number of hydrogen-bond acceptors (Lipinski definition) is 3. The van der Waals surface area contributed by atoms with Gasteiger partial charge in [-0.15, -0.1) is 0 Å². The average Bonchev–Trinajstić information content (AvgIpc) is 2.77. The number of halogens is 4. The number of phenolic OH excluding ortho intramolecular Hbond substituents is 1. The predicted molar refractivity (Wildman–Crippen MR) is 127 cm³/mol. The summed E-state index contributed by atoms with van der Waals surface area (Å²) in [6, 6.07) is 13.9. The van der Waals surface area contributed by atoms with Crippen LogP contribution >= 0.6 is 23.2 Å². The van der Waals surface area contributed by atoms with Crippen LogP contribution in [-0.4, -0.2) is 17.6 Å². The third-order valence-electron chi connectivity index (χ3n) is 5.79. The van der Waals surface area contributed by atoms with E-state index in [1.165, 1.54) is 12.1 Å². The molecular weight excluding hydrogens is 469 g/mol. The zero-order chi connectivity index (χ0) is 23.5. The van der Waals surface area contributed by atoms with Gasteiger partial charge in [-0.05, 0) is 48.6 Å². The fraction of sp³-hybridized carbons (Fsp3) is 0.240. The van der Waals surface area contributed by atoms with Crippen LogP contribution in [0.5, 0.6) is 5.75 Å². The molecule has 1 amide bonds. The smallest absolute Gasteiger partial charge is 0.227 e. The second-order valence-electron chi connectivity index (χ2n) is 8.12. The molecular formula is C25H22Cl2F2N2O2. The Morgan fingerprint density at radius 1 is 1.03 bits per heavy atom. The number of phenols is 1. The lowest BCUT2D eigenvalue weighted by Crippen LogP contribution is -2.41. The first-order valence-corrected chi connectivity index (χ1v) is 11.3. The fourth-order valence-electron chi connectivity index (χ4n) is 4.08. The van der Waals surface area contributed by atoms with Gasteiger partial charge in [0.05, 0.1) is 15.7 Å². The van der Waals surface area contributed by atoms with Crippen LogP contribution in [0.4, 0.5) is 20.2 Å². The van der Waals surface area contributed by atoms with Gasteiger partial charge in [-0.2, -0.15) is 0 Å². The summed E-state index contributed by atoms with van der Waals surface area (Å²) in [5.74, 6) is -1.15. The molecule has 0 aromatic heterocycles. The number of carbonyl (C=O) groups is 1. The van der Waals surface area contributed by atoms with Crippen LogP contribution in [0.25, 0.3) is 0 Å². The van der Waals surface area contributed by atoms with Crippen molar-refractivity contribution in [3.63, 3.8) is 0 Å². The molecule has 1 fully saturated rings. The molecule has 3 aromatic rings. The minimum absolute atomic E-state index is 0.0198. The molecule has 1 unspecified atom stereocenters. The Kier molecular flexibility index (Phi) is 7.05. The van der Waals surface area contributed by atoms with Gasteiger partial charge in [0.25, 0.3) is 0 Å². The lowest BCUT2D eigenvalue weighted by molar-refractivity contribution is -0.120. The number of nitrogens with one attached hydrogen (secondary N) is 1. The molecule has 4 nitrogen and oxygen atoms in total. The summed E-state index contributed by atoms with van der Waals surface area (Å²) >= 11 is 13.1. The molecule has 1 saturated heterocycles. The van der Waals surface area contributed by atoms with E-state index in [9.17, 15) is 18.7 Å². The molecule has 0 bridgehead atoms. The Hall–Kier alpha value is -2.83. The van der Waals surface area contributed by atoms with Gasteiger partial charge < -0.3 is 15.3 Å². The molecule has 33 heavy (non-hydrogen) atoms. The van der Waals surface area contributed by atoms with E-state index >= 15 is 0 Å². The molecule has 1 heterocycles. The number of nitrogens with zero attached hydrogens (tertiary/aromatic N) is 1. The second kappa shape index (κ2) is 9.98. The van der Waals surface area contributed by atoms with Crippen LogP contribution in [0.15, 0.2) is 54.6 Å². The van der Waals surface area contributed by atoms with E-state index in [-0.39, 0.29) is 24.0 Å². The van der Waals surface area contributed by atoms with Crippen molar-refractivity contribution in [3.8, 4) is 5.75 Å². The quantitative estimate of drug-likeness (QED) is 0.410. The molecule has 0 spiro atoms. The molecule has 8 heteroatoms. The average molecular weight is 491 g/mol. The maximum absolute atomic E-state index is 14.1. The molecule has 3 aromatic carbocycles. The number of piperidine rings is 1. The van der Waals surface area contributed by atoms with E-state index in [1.54, 1.807) is 35.2 Å². The number of rotatable bonds is 6. The Labute approximate surface area is 200 Å². The van der Waals surface area contributed by atoms with Gasteiger partial charge in [0.15, 0.2) is 0 Å². The van der Waals surface area contributed by atoms with Crippen LogP contribution in [0.3, 0.4) is 0 Å². The van der Waals surface area contributed by atoms with Crippen molar-refractivity contribution in [1.82, 2.24) is 0 Å². The molecule has 0 radical (unpaired) electrons. The van der Waals surface area contributed by atoms with Crippen molar-refractivity contribution in [1.29, 1.82) is 0 Å². The lowest BCUT2D eigenvalue weighted by atomic mass is 9.90. The fourth-order valence-corrected chi connectivity index (χ4v) is 4.77. The van der Waals surface area contributed by atoms with Crippen molar-refractivity contribution in [3.05, 3.63) is 87.4 Å². The zero-order valence-electron chi connectivity index (χ0n) is 17.6. The molecule has 1 aliphatic heterocycles. The summed E-state index contributed by atoms with van der Waals surface area (Å²) in [5.41, 5.74) is 2.19. The van der Waals surface area contributed by atoms with E-state index in [0.29, 0.717) is 52.9 Å². The highest BCUT2D eigenvalue weighted by molar-refractivity contribution is 6.40. The number of benzene rings is 3. The maximum atomic E-state index is 14.1. The van der Waals surface area contributed by atoms with Crippen LogP contribution in [0.2, 0.25) is 10.0 Å². The summed E-state index contributed by atoms with van der Waals surface area (Å²) in [4.78, 5) is 14.2. The number of aromatic hydroxyl groups is 1. The van der Waals surface area contributed by atoms with Crippen LogP contribution < -0.4 is 10.2 Å². The molecule has 172 valence electrons. The van der Waals surface area contributed by atoms with E-state index in [1.807, 2.05) is 6.07 Å². The van der Waals surface area contributed by atoms with Crippen LogP contribution in [-0.2, 0) is 17.8 Å². The van der Waals surface area contributed by atoms with Gasteiger partial charge in [0.2, 0.25) is 5.91 Å². The van der Waals surface area contributed by atoms with Gasteiger partial charge >= 0.3 is 0 Å². The second-order valence-corrected chi connectivity index (χ2v) is 8.93. The minimum Gasteiger partial charge on any atom is -0.508 e. The number of hydrogen-bond donors (Lipinski definition) is 2. The van der Waals surface area contributed by atoms with Crippen molar-refractivity contribution < 1.29 is 18.7 Å². The zero-order valence-corrected chi connectivity index (χ0v) is 19.1. The van der Waals surface area contributed by atoms with E-state index < -0.39 is 11.6 Å². The van der Waals surface area contributed by atoms with Gasteiger partial charge in [0.1, 0.15) is 17.4 Å². The van der Waals surface area contributed by atoms with Gasteiger partial charge in [-0.1, -0.05) is 47.5 Å². The highest BCUT2D eigenvalue weighted by Crippen LogP contribution is 2.39. The normalized spacial score (nSPS) is 16.2. The summed E-state index contributed by atoms with van der Waals surface area (Å²) in [7, 11) is 0. The topological polar surface area (TPSA) is 52.6 Å². The first-order valence-electron chi connectivity index (χ1n) is 10.6. The third kappa shape index (κ3) is 5.40. The molecule has 1 atom stereocenters. The standard InChI is InChI=1S/C25H22Cl2F2N2O2/c26-20-11-19(30-13-17-3-1-2-4-23(17)32)12-21(27)25(20)31-14-15(5-8-24(31)33)9-16-6-7-18(28)10-22(16)29/h1-4,6-7,10-12,15,30,32H,5,8-9,13-14H2. The Morgan fingerprint density at radius 2 is 1.76 bits per heavy atom. The third-order valence-corrected chi connectivity index (χ3v) is 6.37. The first-order chi connectivity index (χ1) is 15.8. The summed E-state index contributed by atoms with van der Waals surface area (Å²) in [6.45, 7) is 0.701. The maximum Gasteiger partial charge on any atom is 0.227 e. The molecule has 0 saturated carbocycles. The highest BCUT2D eigenvalue weighted by atomic mass is 35.5. The van der Waals surface area contributed by atoms with Crippen molar-refractivity contribution in [2.24, 2.45) is 5.92 Å². The Balaban J connectivity index is 1.50. The molecule has 0 aliphatic carbocycles. The van der Waals surface area contributed by atoms with Crippen molar-refractivity contribution in [2.75, 3.05) is 16.8 Å². The summed E-state index contributed by atoms with van der Waals surface area (Å²) < 4.78 is 27.3. The predicted octanol–water partition coefficient (Wildman–Crippen LogP) is 6.58. The number of carbonyl (C=O) groups excluding carboxylic acids is 1. The Bertz CT molecular complexity index is 1170. The monoisotopic (exact) mass is 490 g/mol. The highest BCUT2D eigenvalue weighted by Gasteiger charge is 2.30. The Morgan fingerprint density at radius 3 is 2.45 bits per heavy atom. The lowest BCUT2D eigenvalue weighted by Gasteiger charge is -2.34.